The minimum absolute atomic E-state index is 0.0380. The monoisotopic (exact) mass is 439 g/mol. The second-order valence-corrected chi connectivity index (χ2v) is 7.22. The highest BCUT2D eigenvalue weighted by atomic mass is 35.5. The van der Waals surface area contributed by atoms with E-state index in [0.29, 0.717) is 18.5 Å². The summed E-state index contributed by atoms with van der Waals surface area (Å²) in [6.45, 7) is 3.52. The lowest BCUT2D eigenvalue weighted by Gasteiger charge is -2.36. The third-order valence-corrected chi connectivity index (χ3v) is 4.93. The minimum Gasteiger partial charge on any atom is -0.468 e. The quantitative estimate of drug-likeness (QED) is 0.252. The van der Waals surface area contributed by atoms with E-state index >= 15 is 0 Å². The average Bonchev–Trinajstić information content (AvgIpc) is 2.68. The molecule has 0 aromatic heterocycles. The van der Waals surface area contributed by atoms with Crippen molar-refractivity contribution >= 4 is 41.1 Å². The van der Waals surface area contributed by atoms with Crippen LogP contribution in [0, 0.1) is 0 Å². The number of fused-ring (bicyclic) bond motifs is 1. The van der Waals surface area contributed by atoms with E-state index in [1.54, 1.807) is 0 Å². The lowest BCUT2D eigenvalue weighted by atomic mass is 9.79. The zero-order valence-electron chi connectivity index (χ0n) is 17.1. The predicted molar refractivity (Wildman–Crippen MR) is 104 cm³/mol. The molecule has 1 heterocycles. The number of rotatable bonds is 7. The SMILES string of the molecule is COC(=O)CN1C=C2C(=O)C(C)(OC(C)=O)C(=O)C(Cl)=C2C=C1CCCOC(C)=O. The summed E-state index contributed by atoms with van der Waals surface area (Å²) in [4.78, 5) is 61.4. The minimum atomic E-state index is -2.09. The Balaban J connectivity index is 2.44. The molecular formula is C20H22ClNO8. The van der Waals surface area contributed by atoms with Gasteiger partial charge in [-0.15, -0.1) is 0 Å². The van der Waals surface area contributed by atoms with Gasteiger partial charge in [0.25, 0.3) is 0 Å². The van der Waals surface area contributed by atoms with Crippen LogP contribution in [0.5, 0.6) is 0 Å². The molecule has 0 bridgehead atoms. The Kier molecular flexibility index (Phi) is 7.20. The van der Waals surface area contributed by atoms with Crippen molar-refractivity contribution in [2.45, 2.75) is 39.2 Å². The first-order chi connectivity index (χ1) is 14.0. The van der Waals surface area contributed by atoms with Gasteiger partial charge in [-0.3, -0.25) is 24.0 Å². The van der Waals surface area contributed by atoms with E-state index in [-0.39, 0.29) is 29.3 Å². The third kappa shape index (κ3) is 4.79. The van der Waals surface area contributed by atoms with Crippen LogP contribution in [0.15, 0.2) is 34.2 Å². The van der Waals surface area contributed by atoms with Gasteiger partial charge in [0.05, 0.1) is 18.7 Å². The van der Waals surface area contributed by atoms with Crippen LogP contribution < -0.4 is 0 Å². The summed E-state index contributed by atoms with van der Waals surface area (Å²) >= 11 is 6.24. The fourth-order valence-corrected chi connectivity index (χ4v) is 3.44. The number of nitrogens with zero attached hydrogens (tertiary/aromatic N) is 1. The van der Waals surface area contributed by atoms with E-state index in [4.69, 9.17) is 25.8 Å². The Morgan fingerprint density at radius 1 is 1.13 bits per heavy atom. The predicted octanol–water partition coefficient (Wildman–Crippen LogP) is 1.55. The van der Waals surface area contributed by atoms with E-state index in [2.05, 4.69) is 0 Å². The molecule has 30 heavy (non-hydrogen) atoms. The lowest BCUT2D eigenvalue weighted by Crippen LogP contribution is -2.52. The molecule has 2 aliphatic rings. The standard InChI is InChI=1S/C20H22ClNO8/c1-11(23)29-7-5-6-13-8-14-15(9-22(13)10-16(25)28-4)18(26)20(3,30-12(2)24)19(27)17(14)21/h8-9H,5-7,10H2,1-4H3. The van der Waals surface area contributed by atoms with Crippen molar-refractivity contribution in [3.05, 3.63) is 34.2 Å². The molecule has 0 saturated heterocycles. The number of hydrogen-bond acceptors (Lipinski definition) is 9. The number of halogens is 1. The maximum Gasteiger partial charge on any atom is 0.325 e. The van der Waals surface area contributed by atoms with Gasteiger partial charge in [-0.1, -0.05) is 11.6 Å². The molecule has 1 aliphatic heterocycles. The molecule has 0 aromatic rings. The summed E-state index contributed by atoms with van der Waals surface area (Å²) in [6, 6.07) is 0. The Bertz CT molecular complexity index is 900. The summed E-state index contributed by atoms with van der Waals surface area (Å²) < 4.78 is 14.6. The van der Waals surface area contributed by atoms with Gasteiger partial charge in [-0.2, -0.15) is 0 Å². The van der Waals surface area contributed by atoms with Crippen LogP contribution in [0.3, 0.4) is 0 Å². The van der Waals surface area contributed by atoms with Crippen molar-refractivity contribution in [1.82, 2.24) is 4.90 Å². The first kappa shape index (κ1) is 23.3. The van der Waals surface area contributed by atoms with Crippen LogP contribution in [-0.4, -0.2) is 60.2 Å². The van der Waals surface area contributed by atoms with Gasteiger partial charge >= 0.3 is 17.9 Å². The lowest BCUT2D eigenvalue weighted by molar-refractivity contribution is -0.167. The number of carbonyl (C=O) groups excluding carboxylic acids is 5. The van der Waals surface area contributed by atoms with Gasteiger partial charge in [0, 0.05) is 36.9 Å². The number of ether oxygens (including phenoxy) is 3. The van der Waals surface area contributed by atoms with E-state index in [1.165, 1.54) is 38.1 Å². The first-order valence-electron chi connectivity index (χ1n) is 9.09. The summed E-state index contributed by atoms with van der Waals surface area (Å²) in [6.07, 6.45) is 3.71. The van der Waals surface area contributed by atoms with E-state index in [1.807, 2.05) is 0 Å². The van der Waals surface area contributed by atoms with Crippen LogP contribution in [-0.2, 0) is 38.2 Å². The van der Waals surface area contributed by atoms with E-state index in [0.717, 1.165) is 6.92 Å². The molecule has 0 radical (unpaired) electrons. The summed E-state index contributed by atoms with van der Waals surface area (Å²) in [7, 11) is 1.23. The molecule has 0 aromatic carbocycles. The van der Waals surface area contributed by atoms with Crippen LogP contribution in [0.4, 0.5) is 0 Å². The fraction of sp³-hybridized carbons (Fsp3) is 0.450. The number of Topliss-reactive ketones (excluding diaryl/α,β-unsaturated/α-hetero) is 2. The number of ketones is 2. The van der Waals surface area contributed by atoms with Gasteiger partial charge in [-0.25, -0.2) is 0 Å². The molecule has 0 N–H and O–H groups in total. The Morgan fingerprint density at radius 2 is 1.80 bits per heavy atom. The van der Waals surface area contributed by atoms with Crippen LogP contribution in [0.1, 0.15) is 33.6 Å². The van der Waals surface area contributed by atoms with Gasteiger partial charge in [0.2, 0.25) is 17.2 Å². The number of allylic oxidation sites excluding steroid dienone is 3. The maximum atomic E-state index is 13.0. The number of methoxy groups -OCH3 is 1. The Hall–Kier alpha value is -2.94. The number of carbonyl (C=O) groups is 5. The van der Waals surface area contributed by atoms with E-state index in [9.17, 15) is 24.0 Å². The highest BCUT2D eigenvalue weighted by Gasteiger charge is 2.52. The molecule has 2 rings (SSSR count). The molecule has 0 spiro atoms. The Morgan fingerprint density at radius 3 is 2.37 bits per heavy atom. The molecule has 0 fully saturated rings. The van der Waals surface area contributed by atoms with Gasteiger partial charge in [0.15, 0.2) is 0 Å². The summed E-state index contributed by atoms with van der Waals surface area (Å²) in [5, 5.41) is -0.250. The van der Waals surface area contributed by atoms with Crippen LogP contribution >= 0.6 is 11.6 Å². The molecule has 0 amide bonds. The highest BCUT2D eigenvalue weighted by Crippen LogP contribution is 2.39. The third-order valence-electron chi connectivity index (χ3n) is 4.56. The van der Waals surface area contributed by atoms with E-state index < -0.39 is 35.1 Å². The van der Waals surface area contributed by atoms with Gasteiger partial charge in [0.1, 0.15) is 6.54 Å². The summed E-state index contributed by atoms with van der Waals surface area (Å²) in [5.41, 5.74) is -1.30. The smallest absolute Gasteiger partial charge is 0.325 e. The van der Waals surface area contributed by atoms with Gasteiger partial charge < -0.3 is 19.1 Å². The largest absolute Gasteiger partial charge is 0.468 e. The van der Waals surface area contributed by atoms with Crippen molar-refractivity contribution in [1.29, 1.82) is 0 Å². The zero-order chi connectivity index (χ0) is 22.6. The van der Waals surface area contributed by atoms with Crippen molar-refractivity contribution in [2.75, 3.05) is 20.3 Å². The van der Waals surface area contributed by atoms with Crippen molar-refractivity contribution in [3.8, 4) is 0 Å². The average molecular weight is 440 g/mol. The molecule has 1 aliphatic carbocycles. The highest BCUT2D eigenvalue weighted by molar-refractivity contribution is 6.49. The molecule has 1 unspecified atom stereocenters. The fourth-order valence-electron chi connectivity index (χ4n) is 3.11. The molecule has 1 atom stereocenters. The van der Waals surface area contributed by atoms with Crippen molar-refractivity contribution in [3.63, 3.8) is 0 Å². The second-order valence-electron chi connectivity index (χ2n) is 6.84. The maximum absolute atomic E-state index is 13.0. The Labute approximate surface area is 178 Å². The first-order valence-corrected chi connectivity index (χ1v) is 9.47. The molecule has 9 nitrogen and oxygen atoms in total. The molecule has 162 valence electrons. The van der Waals surface area contributed by atoms with Crippen molar-refractivity contribution in [2.24, 2.45) is 0 Å². The molecule has 0 saturated carbocycles. The topological polar surface area (TPSA) is 116 Å². The van der Waals surface area contributed by atoms with Gasteiger partial charge in [-0.05, 0) is 25.8 Å². The number of esters is 3. The van der Waals surface area contributed by atoms with Crippen LogP contribution in [0.25, 0.3) is 0 Å². The normalized spacial score (nSPS) is 20.9. The number of hydrogen-bond donors (Lipinski definition) is 0. The molecule has 10 heteroatoms. The van der Waals surface area contributed by atoms with Crippen molar-refractivity contribution < 1.29 is 38.2 Å². The summed E-state index contributed by atoms with van der Waals surface area (Å²) in [5.74, 6) is -3.35. The zero-order valence-corrected chi connectivity index (χ0v) is 17.8. The molecular weight excluding hydrogens is 418 g/mol. The second kappa shape index (κ2) is 9.25. The van der Waals surface area contributed by atoms with Crippen LogP contribution in [0.2, 0.25) is 0 Å².